The summed E-state index contributed by atoms with van der Waals surface area (Å²) >= 11 is 0. The van der Waals surface area contributed by atoms with Crippen LogP contribution in [0.5, 0.6) is 11.5 Å². The van der Waals surface area contributed by atoms with E-state index in [0.717, 1.165) is 5.56 Å². The minimum absolute atomic E-state index is 0.296. The van der Waals surface area contributed by atoms with Gasteiger partial charge in [0.1, 0.15) is 0 Å². The van der Waals surface area contributed by atoms with E-state index in [9.17, 15) is 9.59 Å². The highest BCUT2D eigenvalue weighted by Crippen LogP contribution is 2.30. The zero-order chi connectivity index (χ0) is 19.6. The molecule has 2 aromatic carbocycles. The number of para-hydroxylation sites is 1. The van der Waals surface area contributed by atoms with Crippen molar-refractivity contribution in [1.29, 1.82) is 0 Å². The van der Waals surface area contributed by atoms with Crippen LogP contribution in [0.4, 0.5) is 10.5 Å². The first-order valence-electron chi connectivity index (χ1n) is 8.61. The zero-order valence-electron chi connectivity index (χ0n) is 15.7. The molecule has 2 N–H and O–H groups in total. The Balaban J connectivity index is 1.90. The molecule has 2 amide bonds. The maximum absolute atomic E-state index is 12.1. The summed E-state index contributed by atoms with van der Waals surface area (Å²) in [5.41, 5.74) is 1.83. The fourth-order valence-corrected chi connectivity index (χ4v) is 2.57. The van der Waals surface area contributed by atoms with E-state index >= 15 is 0 Å². The largest absolute Gasteiger partial charge is 0.493 e. The van der Waals surface area contributed by atoms with Crippen molar-refractivity contribution in [2.75, 3.05) is 32.7 Å². The summed E-state index contributed by atoms with van der Waals surface area (Å²) in [5, 5.41) is 5.48. The molecule has 0 atom stereocenters. The number of hydrogen-bond donors (Lipinski definition) is 2. The number of amides is 2. The highest BCUT2D eigenvalue weighted by Gasteiger charge is 2.11. The van der Waals surface area contributed by atoms with Crippen LogP contribution in [0.15, 0.2) is 42.5 Å². The summed E-state index contributed by atoms with van der Waals surface area (Å²) in [4.78, 5) is 23.8. The lowest BCUT2D eigenvalue weighted by Crippen LogP contribution is -2.30. The molecular formula is C20H24N2O5. The second kappa shape index (κ2) is 10.1. The van der Waals surface area contributed by atoms with Crippen LogP contribution >= 0.6 is 0 Å². The van der Waals surface area contributed by atoms with Gasteiger partial charge >= 0.3 is 12.0 Å². The maximum Gasteiger partial charge on any atom is 0.338 e. The number of urea groups is 1. The number of ether oxygens (including phenoxy) is 3. The van der Waals surface area contributed by atoms with Crippen molar-refractivity contribution in [3.63, 3.8) is 0 Å². The minimum atomic E-state index is -0.424. The third kappa shape index (κ3) is 5.64. The quantitative estimate of drug-likeness (QED) is 0.695. The zero-order valence-corrected chi connectivity index (χ0v) is 15.7. The fourth-order valence-electron chi connectivity index (χ4n) is 2.57. The van der Waals surface area contributed by atoms with Gasteiger partial charge in [0.15, 0.2) is 11.5 Å². The van der Waals surface area contributed by atoms with Crippen LogP contribution in [0, 0.1) is 0 Å². The van der Waals surface area contributed by atoms with Gasteiger partial charge in [0.25, 0.3) is 0 Å². The van der Waals surface area contributed by atoms with E-state index in [1.165, 1.54) is 0 Å². The number of esters is 1. The molecule has 2 aromatic rings. The maximum atomic E-state index is 12.1. The third-order valence-electron chi connectivity index (χ3n) is 3.80. The standard InChI is InChI=1S/C20H24N2O5/c1-4-27-19(23)15-8-5-9-16(13-15)22-20(24)21-12-11-14-7-6-10-17(25-2)18(14)26-3/h5-10,13H,4,11-12H2,1-3H3,(H2,21,22,24). The van der Waals surface area contributed by atoms with Crippen molar-refractivity contribution >= 4 is 17.7 Å². The van der Waals surface area contributed by atoms with Gasteiger partial charge in [0.2, 0.25) is 0 Å². The Morgan fingerprint density at radius 2 is 1.81 bits per heavy atom. The number of carbonyl (C=O) groups is 2. The number of hydrogen-bond acceptors (Lipinski definition) is 5. The van der Waals surface area contributed by atoms with Crippen molar-refractivity contribution in [3.05, 3.63) is 53.6 Å². The fraction of sp³-hybridized carbons (Fsp3) is 0.300. The lowest BCUT2D eigenvalue weighted by molar-refractivity contribution is 0.0526. The molecule has 0 spiro atoms. The summed E-state index contributed by atoms with van der Waals surface area (Å²) in [6.45, 7) is 2.45. The Labute approximate surface area is 158 Å². The van der Waals surface area contributed by atoms with Crippen LogP contribution in [-0.2, 0) is 11.2 Å². The van der Waals surface area contributed by atoms with Crippen LogP contribution in [0.3, 0.4) is 0 Å². The van der Waals surface area contributed by atoms with E-state index in [2.05, 4.69) is 10.6 Å². The van der Waals surface area contributed by atoms with Gasteiger partial charge in [-0.1, -0.05) is 18.2 Å². The molecule has 144 valence electrons. The van der Waals surface area contributed by atoms with Crippen molar-refractivity contribution in [2.24, 2.45) is 0 Å². The SMILES string of the molecule is CCOC(=O)c1cccc(NC(=O)NCCc2cccc(OC)c2OC)c1. The third-order valence-corrected chi connectivity index (χ3v) is 3.80. The topological polar surface area (TPSA) is 85.9 Å². The molecule has 0 saturated carbocycles. The second-order valence-electron chi connectivity index (χ2n) is 5.58. The molecule has 0 heterocycles. The number of benzene rings is 2. The van der Waals surface area contributed by atoms with Gasteiger partial charge in [-0.05, 0) is 43.2 Å². The summed E-state index contributed by atoms with van der Waals surface area (Å²) in [6.07, 6.45) is 0.580. The normalized spacial score (nSPS) is 10.0. The first-order chi connectivity index (χ1) is 13.1. The molecule has 0 saturated heterocycles. The van der Waals surface area contributed by atoms with E-state index in [0.29, 0.717) is 42.3 Å². The lowest BCUT2D eigenvalue weighted by atomic mass is 10.1. The Bertz CT molecular complexity index is 792. The Morgan fingerprint density at radius 1 is 1.04 bits per heavy atom. The van der Waals surface area contributed by atoms with E-state index in [4.69, 9.17) is 14.2 Å². The summed E-state index contributed by atoms with van der Waals surface area (Å²) in [7, 11) is 3.16. The van der Waals surface area contributed by atoms with Gasteiger partial charge in [0.05, 0.1) is 26.4 Å². The lowest BCUT2D eigenvalue weighted by Gasteiger charge is -2.13. The number of methoxy groups -OCH3 is 2. The molecule has 0 aliphatic carbocycles. The van der Waals surface area contributed by atoms with Gasteiger partial charge in [-0.3, -0.25) is 0 Å². The smallest absolute Gasteiger partial charge is 0.338 e. The van der Waals surface area contributed by atoms with Gasteiger partial charge in [0, 0.05) is 12.2 Å². The monoisotopic (exact) mass is 372 g/mol. The average molecular weight is 372 g/mol. The number of carbonyl (C=O) groups excluding carboxylic acids is 2. The molecule has 2 rings (SSSR count). The van der Waals surface area contributed by atoms with Gasteiger partial charge in [-0.2, -0.15) is 0 Å². The highest BCUT2D eigenvalue weighted by atomic mass is 16.5. The molecule has 7 heteroatoms. The van der Waals surface area contributed by atoms with E-state index in [1.54, 1.807) is 45.4 Å². The molecule has 7 nitrogen and oxygen atoms in total. The first-order valence-corrected chi connectivity index (χ1v) is 8.61. The predicted octanol–water partition coefficient (Wildman–Crippen LogP) is 3.24. The first kappa shape index (κ1) is 20.1. The summed E-state index contributed by atoms with van der Waals surface area (Å²) < 4.78 is 15.6. The van der Waals surface area contributed by atoms with Gasteiger partial charge < -0.3 is 24.8 Å². The molecule has 0 unspecified atom stereocenters. The van der Waals surface area contributed by atoms with Crippen molar-refractivity contribution in [2.45, 2.75) is 13.3 Å². The molecule has 0 aliphatic rings. The number of rotatable bonds is 8. The summed E-state index contributed by atoms with van der Waals surface area (Å²) in [5.74, 6) is 0.881. The second-order valence-corrected chi connectivity index (χ2v) is 5.58. The van der Waals surface area contributed by atoms with Crippen LogP contribution in [-0.4, -0.2) is 39.4 Å². The number of nitrogens with one attached hydrogen (secondary N) is 2. The molecule has 27 heavy (non-hydrogen) atoms. The minimum Gasteiger partial charge on any atom is -0.493 e. The Morgan fingerprint density at radius 3 is 2.52 bits per heavy atom. The molecule has 0 aliphatic heterocycles. The van der Waals surface area contributed by atoms with Crippen molar-refractivity contribution in [3.8, 4) is 11.5 Å². The van der Waals surface area contributed by atoms with Gasteiger partial charge in [-0.25, -0.2) is 9.59 Å². The number of anilines is 1. The van der Waals surface area contributed by atoms with Crippen molar-refractivity contribution < 1.29 is 23.8 Å². The molecule has 0 fully saturated rings. The Kier molecular flexibility index (Phi) is 7.49. The van der Waals surface area contributed by atoms with E-state index < -0.39 is 5.97 Å². The van der Waals surface area contributed by atoms with E-state index in [1.807, 2.05) is 18.2 Å². The predicted molar refractivity (Wildman–Crippen MR) is 103 cm³/mol. The highest BCUT2D eigenvalue weighted by molar-refractivity contribution is 5.93. The van der Waals surface area contributed by atoms with Gasteiger partial charge in [-0.15, -0.1) is 0 Å². The van der Waals surface area contributed by atoms with Crippen LogP contribution in [0.25, 0.3) is 0 Å². The molecule has 0 radical (unpaired) electrons. The van der Waals surface area contributed by atoms with Crippen LogP contribution in [0.1, 0.15) is 22.8 Å². The van der Waals surface area contributed by atoms with E-state index in [-0.39, 0.29) is 6.03 Å². The van der Waals surface area contributed by atoms with Crippen LogP contribution < -0.4 is 20.1 Å². The van der Waals surface area contributed by atoms with Crippen LogP contribution in [0.2, 0.25) is 0 Å². The molecule has 0 bridgehead atoms. The summed E-state index contributed by atoms with van der Waals surface area (Å²) in [6, 6.07) is 11.8. The molecule has 0 aromatic heterocycles. The van der Waals surface area contributed by atoms with Crippen molar-refractivity contribution in [1.82, 2.24) is 5.32 Å². The molecular weight excluding hydrogens is 348 g/mol. The Hall–Kier alpha value is -3.22. The average Bonchev–Trinajstić information content (AvgIpc) is 2.68.